The molecule has 1 aliphatic rings. The molecule has 0 amide bonds. The average Bonchev–Trinajstić information content (AvgIpc) is 2.46. The fourth-order valence-corrected chi connectivity index (χ4v) is 4.38. The Labute approximate surface area is 140 Å². The van der Waals surface area contributed by atoms with E-state index in [9.17, 15) is 13.5 Å². The van der Waals surface area contributed by atoms with E-state index >= 15 is 0 Å². The molecule has 0 radical (unpaired) electrons. The number of aliphatic hydroxyl groups is 1. The lowest BCUT2D eigenvalue weighted by atomic mass is 10.3. The number of ether oxygens (including phenoxy) is 1. The first-order valence-electron chi connectivity index (χ1n) is 6.82. The molecule has 1 fully saturated rings. The molecule has 1 atom stereocenters. The van der Waals surface area contributed by atoms with Crippen LogP contribution in [-0.4, -0.2) is 63.9 Å². The summed E-state index contributed by atoms with van der Waals surface area (Å²) >= 11 is 11.8. The van der Waals surface area contributed by atoms with Crippen LogP contribution < -0.4 is 4.72 Å². The van der Waals surface area contributed by atoms with Crippen molar-refractivity contribution in [1.29, 1.82) is 0 Å². The fourth-order valence-electron chi connectivity index (χ4n) is 2.16. The molecule has 6 nitrogen and oxygen atoms in total. The van der Waals surface area contributed by atoms with Crippen LogP contribution in [0.3, 0.4) is 0 Å². The molecule has 124 valence electrons. The maximum absolute atomic E-state index is 12.2. The van der Waals surface area contributed by atoms with Crippen molar-refractivity contribution in [2.24, 2.45) is 0 Å². The van der Waals surface area contributed by atoms with Crippen molar-refractivity contribution in [3.63, 3.8) is 0 Å². The standard InChI is InChI=1S/C13H18Cl2N2O4S/c14-11-2-1-3-12(15)13(11)22(19,20)16-8-10(18)9-17-4-6-21-7-5-17/h1-3,10,16,18H,4-9H2. The number of rotatable bonds is 6. The molecule has 2 rings (SSSR count). The van der Waals surface area contributed by atoms with Crippen molar-refractivity contribution >= 4 is 33.2 Å². The molecule has 0 aliphatic carbocycles. The van der Waals surface area contributed by atoms with E-state index in [-0.39, 0.29) is 21.5 Å². The van der Waals surface area contributed by atoms with Gasteiger partial charge in [-0.1, -0.05) is 29.3 Å². The van der Waals surface area contributed by atoms with Crippen LogP contribution in [0.5, 0.6) is 0 Å². The van der Waals surface area contributed by atoms with Gasteiger partial charge in [-0.15, -0.1) is 0 Å². The van der Waals surface area contributed by atoms with Crippen molar-refractivity contribution in [1.82, 2.24) is 9.62 Å². The van der Waals surface area contributed by atoms with Crippen LogP contribution in [0, 0.1) is 0 Å². The zero-order valence-electron chi connectivity index (χ0n) is 11.8. The Kier molecular flexibility index (Phi) is 6.46. The van der Waals surface area contributed by atoms with Gasteiger partial charge in [-0.25, -0.2) is 13.1 Å². The van der Waals surface area contributed by atoms with E-state index in [1.807, 2.05) is 4.90 Å². The first kappa shape index (κ1) is 17.9. The van der Waals surface area contributed by atoms with E-state index in [1.54, 1.807) is 6.07 Å². The summed E-state index contributed by atoms with van der Waals surface area (Å²) in [7, 11) is -3.87. The van der Waals surface area contributed by atoms with Gasteiger partial charge in [0, 0.05) is 26.2 Å². The third kappa shape index (κ3) is 4.79. The quantitative estimate of drug-likeness (QED) is 0.781. The number of nitrogens with one attached hydrogen (secondary N) is 1. The molecule has 1 heterocycles. The van der Waals surface area contributed by atoms with E-state index in [0.717, 1.165) is 13.1 Å². The molecule has 1 saturated heterocycles. The first-order valence-corrected chi connectivity index (χ1v) is 9.06. The van der Waals surface area contributed by atoms with Gasteiger partial charge in [-0.2, -0.15) is 0 Å². The summed E-state index contributed by atoms with van der Waals surface area (Å²) in [4.78, 5) is 1.85. The van der Waals surface area contributed by atoms with Gasteiger partial charge in [-0.05, 0) is 12.1 Å². The summed E-state index contributed by atoms with van der Waals surface area (Å²) in [5.41, 5.74) is 0. The normalized spacial score (nSPS) is 18.3. The van der Waals surface area contributed by atoms with Crippen molar-refractivity contribution in [3.8, 4) is 0 Å². The highest BCUT2D eigenvalue weighted by Crippen LogP contribution is 2.28. The van der Waals surface area contributed by atoms with Gasteiger partial charge >= 0.3 is 0 Å². The van der Waals surface area contributed by atoms with Crippen molar-refractivity contribution in [3.05, 3.63) is 28.2 Å². The summed E-state index contributed by atoms with van der Waals surface area (Å²) in [6, 6.07) is 4.47. The Balaban J connectivity index is 1.94. The minimum absolute atomic E-state index is 0.0441. The number of sulfonamides is 1. The molecule has 1 aliphatic heterocycles. The summed E-state index contributed by atoms with van der Waals surface area (Å²) in [5, 5.41) is 10.1. The summed E-state index contributed by atoms with van der Waals surface area (Å²) < 4.78 is 32.0. The molecule has 0 saturated carbocycles. The molecule has 0 aromatic heterocycles. The molecule has 1 unspecified atom stereocenters. The van der Waals surface area contributed by atoms with Crippen LogP contribution in [-0.2, 0) is 14.8 Å². The maximum Gasteiger partial charge on any atom is 0.243 e. The molecule has 1 aromatic carbocycles. The van der Waals surface area contributed by atoms with Crippen LogP contribution in [0.4, 0.5) is 0 Å². The Morgan fingerprint density at radius 3 is 2.45 bits per heavy atom. The van der Waals surface area contributed by atoms with Gasteiger partial charge < -0.3 is 9.84 Å². The van der Waals surface area contributed by atoms with E-state index in [4.69, 9.17) is 27.9 Å². The fraction of sp³-hybridized carbons (Fsp3) is 0.538. The number of benzene rings is 1. The van der Waals surface area contributed by atoms with Gasteiger partial charge in [0.2, 0.25) is 10.0 Å². The second-order valence-corrected chi connectivity index (χ2v) is 7.49. The third-order valence-corrected chi connectivity index (χ3v) is 5.65. The van der Waals surface area contributed by atoms with Crippen LogP contribution in [0.15, 0.2) is 23.1 Å². The third-order valence-electron chi connectivity index (χ3n) is 3.27. The number of halogens is 2. The Morgan fingerprint density at radius 2 is 1.86 bits per heavy atom. The highest BCUT2D eigenvalue weighted by atomic mass is 35.5. The highest BCUT2D eigenvalue weighted by molar-refractivity contribution is 7.89. The molecule has 0 spiro atoms. The number of morpholine rings is 1. The average molecular weight is 369 g/mol. The van der Waals surface area contributed by atoms with Crippen LogP contribution in [0.1, 0.15) is 0 Å². The predicted octanol–water partition coefficient (Wildman–Crippen LogP) is 0.965. The lowest BCUT2D eigenvalue weighted by Crippen LogP contribution is -2.44. The predicted molar refractivity (Wildman–Crippen MR) is 84.9 cm³/mol. The van der Waals surface area contributed by atoms with Crippen molar-refractivity contribution in [2.45, 2.75) is 11.0 Å². The molecule has 0 bridgehead atoms. The van der Waals surface area contributed by atoms with Crippen LogP contribution in [0.2, 0.25) is 10.0 Å². The SMILES string of the molecule is O=S(=O)(NCC(O)CN1CCOCC1)c1c(Cl)cccc1Cl. The summed E-state index contributed by atoms with van der Waals surface area (Å²) in [5.74, 6) is 0. The summed E-state index contributed by atoms with van der Waals surface area (Å²) in [6.45, 7) is 2.95. The maximum atomic E-state index is 12.2. The van der Waals surface area contributed by atoms with E-state index < -0.39 is 16.1 Å². The van der Waals surface area contributed by atoms with Gasteiger partial charge in [0.15, 0.2) is 0 Å². The molecule has 22 heavy (non-hydrogen) atoms. The van der Waals surface area contributed by atoms with Crippen molar-refractivity contribution < 1.29 is 18.3 Å². The number of β-amino-alcohol motifs (C(OH)–C–C–N with tert-alkyl or cyclic N) is 1. The smallest absolute Gasteiger partial charge is 0.243 e. The van der Waals surface area contributed by atoms with E-state index in [0.29, 0.717) is 19.8 Å². The highest BCUT2D eigenvalue weighted by Gasteiger charge is 2.23. The van der Waals surface area contributed by atoms with Crippen molar-refractivity contribution in [2.75, 3.05) is 39.4 Å². The second kappa shape index (κ2) is 7.92. The Morgan fingerprint density at radius 1 is 1.27 bits per heavy atom. The molecule has 1 aromatic rings. The zero-order chi connectivity index (χ0) is 16.2. The molecular weight excluding hydrogens is 351 g/mol. The van der Waals surface area contributed by atoms with Gasteiger partial charge in [0.05, 0.1) is 29.4 Å². The van der Waals surface area contributed by atoms with Crippen LogP contribution >= 0.6 is 23.2 Å². The van der Waals surface area contributed by atoms with Gasteiger partial charge in [-0.3, -0.25) is 4.90 Å². The largest absolute Gasteiger partial charge is 0.390 e. The molecule has 2 N–H and O–H groups in total. The minimum Gasteiger partial charge on any atom is -0.390 e. The van der Waals surface area contributed by atoms with E-state index in [2.05, 4.69) is 4.72 Å². The lowest BCUT2D eigenvalue weighted by Gasteiger charge is -2.28. The number of hydrogen-bond donors (Lipinski definition) is 2. The zero-order valence-corrected chi connectivity index (χ0v) is 14.2. The van der Waals surface area contributed by atoms with E-state index in [1.165, 1.54) is 12.1 Å². The number of nitrogens with zero attached hydrogens (tertiary/aromatic N) is 1. The summed E-state index contributed by atoms with van der Waals surface area (Å²) in [6.07, 6.45) is -0.825. The minimum atomic E-state index is -3.87. The molecular formula is C13H18Cl2N2O4S. The number of hydrogen-bond acceptors (Lipinski definition) is 5. The Hall–Kier alpha value is -0.410. The monoisotopic (exact) mass is 368 g/mol. The first-order chi connectivity index (χ1) is 10.4. The van der Waals surface area contributed by atoms with Crippen LogP contribution in [0.25, 0.3) is 0 Å². The van der Waals surface area contributed by atoms with Gasteiger partial charge in [0.1, 0.15) is 4.90 Å². The topological polar surface area (TPSA) is 78.9 Å². The lowest BCUT2D eigenvalue weighted by molar-refractivity contribution is 0.0158. The number of aliphatic hydroxyl groups excluding tert-OH is 1. The molecule has 9 heteroatoms. The van der Waals surface area contributed by atoms with Gasteiger partial charge in [0.25, 0.3) is 0 Å². The Bertz CT molecular complexity index is 586. The second-order valence-electron chi connectivity index (χ2n) is 4.97.